The van der Waals surface area contributed by atoms with Gasteiger partial charge in [0.05, 0.1) is 6.61 Å². The lowest BCUT2D eigenvalue weighted by atomic mass is 10.0. The molecule has 0 aliphatic heterocycles. The fourth-order valence-corrected chi connectivity index (χ4v) is 1.60. The number of nitrogens with zero attached hydrogens (tertiary/aromatic N) is 1. The van der Waals surface area contributed by atoms with Crippen LogP contribution in [-0.2, 0) is 4.74 Å². The van der Waals surface area contributed by atoms with Gasteiger partial charge in [-0.05, 0) is 12.5 Å². The van der Waals surface area contributed by atoms with Gasteiger partial charge in [-0.3, -0.25) is 0 Å². The molecule has 0 fully saturated rings. The molecule has 1 aromatic heterocycles. The topological polar surface area (TPSA) is 72.6 Å². The Balaban J connectivity index is 2.29. The molecule has 0 bridgehead atoms. The minimum absolute atomic E-state index is 0.146. The predicted octanol–water partition coefficient (Wildman–Crippen LogP) is 1.93. The Morgan fingerprint density at radius 3 is 2.83 bits per heavy atom. The Bertz CT molecular complexity index is 521. The fourth-order valence-electron chi connectivity index (χ4n) is 1.60. The van der Waals surface area contributed by atoms with Crippen LogP contribution in [0.25, 0.3) is 0 Å². The summed E-state index contributed by atoms with van der Waals surface area (Å²) in [4.78, 5) is 11.6. The third-order valence-corrected chi connectivity index (χ3v) is 2.47. The Morgan fingerprint density at radius 2 is 2.17 bits per heavy atom. The van der Waals surface area contributed by atoms with Crippen LogP contribution in [0.2, 0.25) is 0 Å². The maximum atomic E-state index is 11.6. The van der Waals surface area contributed by atoms with Crippen molar-refractivity contribution in [2.75, 3.05) is 6.61 Å². The zero-order chi connectivity index (χ0) is 13.0. The van der Waals surface area contributed by atoms with Gasteiger partial charge >= 0.3 is 5.97 Å². The smallest absolute Gasteiger partial charge is 0.343 e. The van der Waals surface area contributed by atoms with Crippen LogP contribution in [0.15, 0.2) is 41.1 Å². The Morgan fingerprint density at radius 1 is 1.44 bits per heavy atom. The minimum atomic E-state index is -1.01. The van der Waals surface area contributed by atoms with Gasteiger partial charge in [0, 0.05) is 0 Å². The quantitative estimate of drug-likeness (QED) is 0.836. The highest BCUT2D eigenvalue weighted by molar-refractivity contribution is 5.90. The lowest BCUT2D eigenvalue weighted by Crippen LogP contribution is -2.10. The van der Waals surface area contributed by atoms with E-state index in [4.69, 9.17) is 9.26 Å². The molecule has 18 heavy (non-hydrogen) atoms. The first-order valence-corrected chi connectivity index (χ1v) is 5.58. The van der Waals surface area contributed by atoms with Gasteiger partial charge in [-0.2, -0.15) is 0 Å². The van der Waals surface area contributed by atoms with Crippen molar-refractivity contribution in [1.29, 1.82) is 0 Å². The number of hydrogen-bond donors (Lipinski definition) is 1. The summed E-state index contributed by atoms with van der Waals surface area (Å²) in [6.07, 6.45) is 0.170. The summed E-state index contributed by atoms with van der Waals surface area (Å²) < 4.78 is 9.61. The van der Waals surface area contributed by atoms with Crippen LogP contribution in [0.1, 0.15) is 34.6 Å². The maximum Gasteiger partial charge on any atom is 0.343 e. The first-order chi connectivity index (χ1) is 8.74. The number of rotatable bonds is 4. The number of carbonyl (C=O) groups excluding carboxylic acids is 1. The zero-order valence-electron chi connectivity index (χ0n) is 9.87. The Kier molecular flexibility index (Phi) is 3.74. The van der Waals surface area contributed by atoms with Gasteiger partial charge in [-0.25, -0.2) is 4.79 Å². The van der Waals surface area contributed by atoms with Gasteiger partial charge in [-0.15, -0.1) is 0 Å². The summed E-state index contributed by atoms with van der Waals surface area (Å²) in [5.41, 5.74) is 0.949. The van der Waals surface area contributed by atoms with Crippen LogP contribution in [0, 0.1) is 0 Å². The summed E-state index contributed by atoms with van der Waals surface area (Å²) in [5, 5.41) is 13.8. The molecular formula is C13H13NO4. The SMILES string of the molecule is CCOC(=O)c1conc1[C@@H](O)c1ccccc1. The van der Waals surface area contributed by atoms with E-state index in [1.807, 2.05) is 6.07 Å². The normalized spacial score (nSPS) is 12.1. The second-order valence-corrected chi connectivity index (χ2v) is 3.65. The molecule has 94 valence electrons. The van der Waals surface area contributed by atoms with E-state index in [0.717, 1.165) is 0 Å². The van der Waals surface area contributed by atoms with Crippen molar-refractivity contribution in [3.63, 3.8) is 0 Å². The fraction of sp³-hybridized carbons (Fsp3) is 0.231. The molecule has 1 heterocycles. The highest BCUT2D eigenvalue weighted by Crippen LogP contribution is 2.24. The molecule has 0 aliphatic carbocycles. The zero-order valence-corrected chi connectivity index (χ0v) is 9.87. The second-order valence-electron chi connectivity index (χ2n) is 3.65. The third-order valence-electron chi connectivity index (χ3n) is 2.47. The molecule has 0 radical (unpaired) electrons. The van der Waals surface area contributed by atoms with Gasteiger partial charge in [0.1, 0.15) is 23.6 Å². The first-order valence-electron chi connectivity index (χ1n) is 5.58. The minimum Gasteiger partial charge on any atom is -0.462 e. The molecule has 1 N–H and O–H groups in total. The molecule has 0 unspecified atom stereocenters. The van der Waals surface area contributed by atoms with E-state index in [9.17, 15) is 9.90 Å². The number of carbonyl (C=O) groups is 1. The summed E-state index contributed by atoms with van der Waals surface area (Å²) in [7, 11) is 0. The average Bonchev–Trinajstić information content (AvgIpc) is 2.88. The van der Waals surface area contributed by atoms with Crippen molar-refractivity contribution in [3.8, 4) is 0 Å². The van der Waals surface area contributed by atoms with Crippen molar-refractivity contribution < 1.29 is 19.2 Å². The van der Waals surface area contributed by atoms with Crippen molar-refractivity contribution in [3.05, 3.63) is 53.4 Å². The molecule has 0 spiro atoms. The highest BCUT2D eigenvalue weighted by atomic mass is 16.5. The summed E-state index contributed by atoms with van der Waals surface area (Å²) in [6.45, 7) is 1.96. The van der Waals surface area contributed by atoms with Crippen molar-refractivity contribution in [2.45, 2.75) is 13.0 Å². The van der Waals surface area contributed by atoms with Gasteiger partial charge in [0.15, 0.2) is 0 Å². The van der Waals surface area contributed by atoms with Crippen LogP contribution < -0.4 is 0 Å². The van der Waals surface area contributed by atoms with Gasteiger partial charge in [0.2, 0.25) is 0 Å². The number of hydrogen-bond acceptors (Lipinski definition) is 5. The third kappa shape index (κ3) is 2.41. The van der Waals surface area contributed by atoms with Crippen molar-refractivity contribution >= 4 is 5.97 Å². The van der Waals surface area contributed by atoms with E-state index in [2.05, 4.69) is 5.16 Å². The van der Waals surface area contributed by atoms with E-state index in [0.29, 0.717) is 5.56 Å². The van der Waals surface area contributed by atoms with Gasteiger partial charge < -0.3 is 14.4 Å². The highest BCUT2D eigenvalue weighted by Gasteiger charge is 2.24. The predicted molar refractivity (Wildman–Crippen MR) is 63.0 cm³/mol. The lowest BCUT2D eigenvalue weighted by molar-refractivity contribution is 0.0520. The molecule has 5 heteroatoms. The summed E-state index contributed by atoms with van der Waals surface area (Å²) in [5.74, 6) is -0.552. The van der Waals surface area contributed by atoms with E-state index >= 15 is 0 Å². The summed E-state index contributed by atoms with van der Waals surface area (Å²) >= 11 is 0. The molecule has 5 nitrogen and oxygen atoms in total. The van der Waals surface area contributed by atoms with E-state index < -0.39 is 12.1 Å². The van der Waals surface area contributed by atoms with E-state index in [-0.39, 0.29) is 17.9 Å². The number of aromatic nitrogens is 1. The van der Waals surface area contributed by atoms with Gasteiger partial charge in [0.25, 0.3) is 0 Å². The number of aliphatic hydroxyl groups excluding tert-OH is 1. The van der Waals surface area contributed by atoms with Crippen LogP contribution in [-0.4, -0.2) is 22.8 Å². The van der Waals surface area contributed by atoms with Crippen molar-refractivity contribution in [2.24, 2.45) is 0 Å². The Labute approximate surface area is 104 Å². The monoisotopic (exact) mass is 247 g/mol. The van der Waals surface area contributed by atoms with Gasteiger partial charge in [-0.1, -0.05) is 35.5 Å². The van der Waals surface area contributed by atoms with Crippen LogP contribution in [0.3, 0.4) is 0 Å². The standard InChI is InChI=1S/C13H13NO4/c1-2-17-13(16)10-8-18-14-11(10)12(15)9-6-4-3-5-7-9/h3-8,12,15H,2H2,1H3/t12-/m0/s1. The molecule has 0 aliphatic rings. The number of benzene rings is 1. The molecule has 1 aromatic carbocycles. The second kappa shape index (κ2) is 5.46. The number of ether oxygens (including phenoxy) is 1. The van der Waals surface area contributed by atoms with Crippen LogP contribution in [0.4, 0.5) is 0 Å². The van der Waals surface area contributed by atoms with E-state index in [1.54, 1.807) is 31.2 Å². The first kappa shape index (κ1) is 12.3. The largest absolute Gasteiger partial charge is 0.462 e. The van der Waals surface area contributed by atoms with Crippen LogP contribution >= 0.6 is 0 Å². The Hall–Kier alpha value is -2.14. The molecule has 2 rings (SSSR count). The maximum absolute atomic E-state index is 11.6. The molecule has 1 atom stereocenters. The molecule has 0 amide bonds. The summed E-state index contributed by atoms with van der Waals surface area (Å²) in [6, 6.07) is 8.92. The van der Waals surface area contributed by atoms with E-state index in [1.165, 1.54) is 6.26 Å². The lowest BCUT2D eigenvalue weighted by Gasteiger charge is -2.09. The molecular weight excluding hydrogens is 234 g/mol. The molecule has 0 saturated carbocycles. The molecule has 2 aromatic rings. The van der Waals surface area contributed by atoms with Crippen LogP contribution in [0.5, 0.6) is 0 Å². The average molecular weight is 247 g/mol. The number of aliphatic hydroxyl groups is 1. The van der Waals surface area contributed by atoms with Crippen molar-refractivity contribution in [1.82, 2.24) is 5.16 Å². The molecule has 0 saturated heterocycles. The number of esters is 1.